The second kappa shape index (κ2) is 12.6. The van der Waals surface area contributed by atoms with Gasteiger partial charge in [-0.05, 0) is 72.6 Å². The van der Waals surface area contributed by atoms with E-state index in [0.717, 1.165) is 24.0 Å². The van der Waals surface area contributed by atoms with Gasteiger partial charge in [-0.3, -0.25) is 0 Å². The van der Waals surface area contributed by atoms with Crippen molar-refractivity contribution in [3.05, 3.63) is 113 Å². The topological polar surface area (TPSA) is 9.23 Å². The number of rotatable bonds is 11. The lowest BCUT2D eigenvalue weighted by atomic mass is 9.96. The van der Waals surface area contributed by atoms with E-state index in [2.05, 4.69) is 6.92 Å². The zero-order valence-electron chi connectivity index (χ0n) is 21.5. The Morgan fingerprint density at radius 1 is 0.568 bits per heavy atom. The smallest absolute Gasteiger partial charge is 0.167 e. The average molecular weight is 503 g/mol. The first kappa shape index (κ1) is 26.5. The molecule has 4 aromatic carbocycles. The Labute approximate surface area is 217 Å². The third-order valence-electron chi connectivity index (χ3n) is 6.68. The third-order valence-corrected chi connectivity index (χ3v) is 6.68. The minimum absolute atomic E-state index is 0.234. The second-order valence-corrected chi connectivity index (χ2v) is 9.34. The van der Waals surface area contributed by atoms with E-state index in [0.29, 0.717) is 30.6 Å². The molecule has 4 rings (SSSR count). The fraction of sp³-hybridized carbons (Fsp3) is 0.273. The van der Waals surface area contributed by atoms with E-state index in [1.54, 1.807) is 30.3 Å². The van der Waals surface area contributed by atoms with Crippen molar-refractivity contribution in [2.45, 2.75) is 52.4 Å². The van der Waals surface area contributed by atoms with Crippen LogP contribution in [0.3, 0.4) is 0 Å². The molecule has 0 amide bonds. The average Bonchev–Trinajstić information content (AvgIpc) is 2.91. The lowest BCUT2D eigenvalue weighted by Crippen LogP contribution is -1.97. The molecule has 0 spiro atoms. The molecule has 0 bridgehead atoms. The molecule has 4 aromatic rings. The molecule has 0 aromatic heterocycles. The van der Waals surface area contributed by atoms with Crippen LogP contribution in [0.4, 0.5) is 13.2 Å². The molecule has 0 heterocycles. The van der Waals surface area contributed by atoms with Crippen molar-refractivity contribution in [1.82, 2.24) is 0 Å². The van der Waals surface area contributed by atoms with Gasteiger partial charge in [-0.1, -0.05) is 86.5 Å². The summed E-state index contributed by atoms with van der Waals surface area (Å²) >= 11 is 0. The molecule has 0 N–H and O–H groups in total. The maximum absolute atomic E-state index is 15.1. The molecule has 0 saturated carbocycles. The Morgan fingerprint density at radius 2 is 1.08 bits per heavy atom. The molecule has 0 fully saturated rings. The van der Waals surface area contributed by atoms with Gasteiger partial charge in [0.25, 0.3) is 0 Å². The van der Waals surface area contributed by atoms with Crippen molar-refractivity contribution >= 4 is 0 Å². The zero-order valence-corrected chi connectivity index (χ0v) is 21.5. The van der Waals surface area contributed by atoms with Gasteiger partial charge in [-0.15, -0.1) is 0 Å². The Kier molecular flexibility index (Phi) is 9.05. The quantitative estimate of drug-likeness (QED) is 0.186. The van der Waals surface area contributed by atoms with Crippen molar-refractivity contribution in [3.63, 3.8) is 0 Å². The summed E-state index contributed by atoms with van der Waals surface area (Å²) in [6.07, 6.45) is 5.86. The Balaban J connectivity index is 1.43. The molecular formula is C33H33F3O. The second-order valence-electron chi connectivity index (χ2n) is 9.34. The summed E-state index contributed by atoms with van der Waals surface area (Å²) < 4.78 is 49.5. The number of halogens is 3. The predicted octanol–water partition coefficient (Wildman–Crippen LogP) is 9.35. The van der Waals surface area contributed by atoms with Crippen molar-refractivity contribution in [3.8, 4) is 28.0 Å². The van der Waals surface area contributed by atoms with E-state index in [1.165, 1.54) is 24.5 Å². The number of aryl methyl sites for hydroxylation is 3. The molecule has 0 aliphatic rings. The highest BCUT2D eigenvalue weighted by atomic mass is 19.2. The molecule has 0 unspecified atom stereocenters. The van der Waals surface area contributed by atoms with Gasteiger partial charge in [0.2, 0.25) is 0 Å². The fourth-order valence-electron chi connectivity index (χ4n) is 4.54. The van der Waals surface area contributed by atoms with Gasteiger partial charge in [0.05, 0.1) is 6.61 Å². The molecule has 0 saturated heterocycles. The van der Waals surface area contributed by atoms with Crippen LogP contribution in [0.25, 0.3) is 22.3 Å². The Morgan fingerprint density at radius 3 is 1.59 bits per heavy atom. The van der Waals surface area contributed by atoms with Gasteiger partial charge in [0.1, 0.15) is 0 Å². The van der Waals surface area contributed by atoms with E-state index in [4.69, 9.17) is 4.74 Å². The molecule has 192 valence electrons. The highest BCUT2D eigenvalue weighted by Crippen LogP contribution is 2.32. The van der Waals surface area contributed by atoms with Gasteiger partial charge in [-0.2, -0.15) is 0 Å². The maximum atomic E-state index is 15.1. The van der Waals surface area contributed by atoms with Crippen LogP contribution in [-0.2, 0) is 19.3 Å². The van der Waals surface area contributed by atoms with Crippen LogP contribution in [-0.4, -0.2) is 6.61 Å². The Bertz CT molecular complexity index is 1310. The summed E-state index contributed by atoms with van der Waals surface area (Å²) in [6, 6.07) is 23.4. The summed E-state index contributed by atoms with van der Waals surface area (Å²) in [5.74, 6) is -1.78. The van der Waals surface area contributed by atoms with Crippen LogP contribution in [0.1, 0.15) is 49.8 Å². The van der Waals surface area contributed by atoms with Gasteiger partial charge < -0.3 is 4.74 Å². The summed E-state index contributed by atoms with van der Waals surface area (Å²) in [4.78, 5) is 0. The van der Waals surface area contributed by atoms with E-state index < -0.39 is 11.6 Å². The SMILES string of the molecule is CCCCCc1ccc(-c2ccc(-c3ccc(CCc4ccc(OCC)c(F)c4)cc3)c(F)c2F)cc1. The number of ether oxygens (including phenoxy) is 1. The minimum Gasteiger partial charge on any atom is -0.491 e. The standard InChI is InChI=1S/C33H33F3O/c1-3-5-6-7-23-10-15-26(16-11-23)28-19-20-29(33(36)32(28)35)27-17-12-24(13-18-27)8-9-25-14-21-31(37-4-2)30(34)22-25/h10-22H,3-9H2,1-2H3. The van der Waals surface area contributed by atoms with Crippen LogP contribution in [0.5, 0.6) is 5.75 Å². The lowest BCUT2D eigenvalue weighted by molar-refractivity contribution is 0.321. The van der Waals surface area contributed by atoms with Crippen molar-refractivity contribution < 1.29 is 17.9 Å². The molecule has 37 heavy (non-hydrogen) atoms. The Hall–Kier alpha value is -3.53. The molecule has 0 radical (unpaired) electrons. The van der Waals surface area contributed by atoms with E-state index in [-0.39, 0.29) is 22.7 Å². The predicted molar refractivity (Wildman–Crippen MR) is 145 cm³/mol. The van der Waals surface area contributed by atoms with Crippen molar-refractivity contribution in [2.24, 2.45) is 0 Å². The number of unbranched alkanes of at least 4 members (excludes halogenated alkanes) is 2. The van der Waals surface area contributed by atoms with Gasteiger partial charge in [0, 0.05) is 11.1 Å². The first-order valence-electron chi connectivity index (χ1n) is 13.1. The maximum Gasteiger partial charge on any atom is 0.167 e. The highest BCUT2D eigenvalue weighted by Gasteiger charge is 2.16. The van der Waals surface area contributed by atoms with Crippen LogP contribution in [0.2, 0.25) is 0 Å². The van der Waals surface area contributed by atoms with E-state index in [1.807, 2.05) is 49.4 Å². The van der Waals surface area contributed by atoms with Crippen molar-refractivity contribution in [2.75, 3.05) is 6.61 Å². The van der Waals surface area contributed by atoms with Crippen LogP contribution >= 0.6 is 0 Å². The lowest BCUT2D eigenvalue weighted by Gasteiger charge is -2.11. The summed E-state index contributed by atoms with van der Waals surface area (Å²) in [6.45, 7) is 4.41. The van der Waals surface area contributed by atoms with E-state index in [9.17, 15) is 4.39 Å². The molecule has 0 atom stereocenters. The molecular weight excluding hydrogens is 469 g/mol. The molecule has 0 aliphatic carbocycles. The first-order valence-corrected chi connectivity index (χ1v) is 13.1. The normalized spacial score (nSPS) is 11.1. The molecule has 4 heteroatoms. The van der Waals surface area contributed by atoms with Gasteiger partial charge >= 0.3 is 0 Å². The molecule has 1 nitrogen and oxygen atoms in total. The van der Waals surface area contributed by atoms with Gasteiger partial charge in [0.15, 0.2) is 23.2 Å². The summed E-state index contributed by atoms with van der Waals surface area (Å²) in [7, 11) is 0. The molecule has 0 aliphatic heterocycles. The number of benzene rings is 4. The van der Waals surface area contributed by atoms with Crippen LogP contribution in [0, 0.1) is 17.5 Å². The summed E-state index contributed by atoms with van der Waals surface area (Å²) in [5, 5.41) is 0. The van der Waals surface area contributed by atoms with Crippen LogP contribution < -0.4 is 4.74 Å². The zero-order chi connectivity index (χ0) is 26.2. The van der Waals surface area contributed by atoms with Crippen LogP contribution in [0.15, 0.2) is 78.9 Å². The summed E-state index contributed by atoms with van der Waals surface area (Å²) in [5.41, 5.74) is 4.91. The van der Waals surface area contributed by atoms with E-state index >= 15 is 8.78 Å². The minimum atomic E-state index is -0.845. The largest absolute Gasteiger partial charge is 0.491 e. The van der Waals surface area contributed by atoms with Gasteiger partial charge in [-0.25, -0.2) is 13.2 Å². The number of hydrogen-bond acceptors (Lipinski definition) is 1. The number of hydrogen-bond donors (Lipinski definition) is 0. The monoisotopic (exact) mass is 502 g/mol. The first-order chi connectivity index (χ1) is 18.0. The third kappa shape index (κ3) is 6.62. The highest BCUT2D eigenvalue weighted by molar-refractivity contribution is 5.72. The van der Waals surface area contributed by atoms with Crippen molar-refractivity contribution in [1.29, 1.82) is 0 Å². The fourth-order valence-corrected chi connectivity index (χ4v) is 4.54.